The minimum Gasteiger partial charge on any atom is -0.508 e. The molecule has 3 rings (SSSR count). The molecule has 0 amide bonds. The second kappa shape index (κ2) is 8.06. The van der Waals surface area contributed by atoms with Crippen LogP contribution in [0.2, 0.25) is 0 Å². The largest absolute Gasteiger partial charge is 0.508 e. The van der Waals surface area contributed by atoms with Crippen molar-refractivity contribution in [3.8, 4) is 5.75 Å². The van der Waals surface area contributed by atoms with Gasteiger partial charge in [-0.1, -0.05) is 120 Å². The third kappa shape index (κ3) is 3.37. The number of phenols is 1. The molecule has 3 aromatic carbocycles. The van der Waals surface area contributed by atoms with E-state index in [4.69, 9.17) is 0 Å². The lowest BCUT2D eigenvalue weighted by molar-refractivity contribution is 0.123. The Hall–Kier alpha value is -2.54. The zero-order chi connectivity index (χ0) is 21.1. The second-order valence-electron chi connectivity index (χ2n) is 9.15. The number of hydrogen-bond donors (Lipinski definition) is 1. The highest BCUT2D eigenvalue weighted by atomic mass is 16.3. The van der Waals surface area contributed by atoms with E-state index >= 15 is 0 Å². The van der Waals surface area contributed by atoms with Crippen molar-refractivity contribution in [1.29, 1.82) is 0 Å². The van der Waals surface area contributed by atoms with E-state index in [0.717, 1.165) is 18.4 Å². The van der Waals surface area contributed by atoms with Crippen LogP contribution in [-0.4, -0.2) is 5.11 Å². The molecular formula is C28H34O. The first-order valence-electron chi connectivity index (χ1n) is 10.7. The van der Waals surface area contributed by atoms with Crippen LogP contribution in [0.25, 0.3) is 0 Å². The first-order chi connectivity index (χ1) is 13.8. The first kappa shape index (κ1) is 21.2. The van der Waals surface area contributed by atoms with Gasteiger partial charge in [0.05, 0.1) is 0 Å². The van der Waals surface area contributed by atoms with Crippen molar-refractivity contribution in [2.45, 2.75) is 63.7 Å². The highest BCUT2D eigenvalue weighted by molar-refractivity contribution is 5.50. The molecule has 0 fully saturated rings. The predicted molar refractivity (Wildman–Crippen MR) is 124 cm³/mol. The lowest BCUT2D eigenvalue weighted by atomic mass is 9.45. The number of phenolic OH excluding ortho intramolecular Hbond substituents is 1. The van der Waals surface area contributed by atoms with Crippen molar-refractivity contribution in [1.82, 2.24) is 0 Å². The lowest BCUT2D eigenvalue weighted by Crippen LogP contribution is -2.57. The zero-order valence-electron chi connectivity index (χ0n) is 18.4. The highest BCUT2D eigenvalue weighted by Gasteiger charge is 2.57. The first-order valence-corrected chi connectivity index (χ1v) is 10.7. The van der Waals surface area contributed by atoms with E-state index in [1.54, 1.807) is 0 Å². The smallest absolute Gasteiger partial charge is 0.119 e. The molecule has 0 atom stereocenters. The average Bonchev–Trinajstić information content (AvgIpc) is 2.73. The summed E-state index contributed by atoms with van der Waals surface area (Å²) in [5.41, 5.74) is 2.86. The molecule has 0 aromatic heterocycles. The maximum absolute atomic E-state index is 11.1. The summed E-state index contributed by atoms with van der Waals surface area (Å²) in [5.74, 6) is 0.383. The standard InChI is InChI=1S/C28H34O/c1-6-21-28(24-19-13-14-20-25(24)29,26(2,3)22-15-9-7-10-16-22)27(4,5)23-17-11-8-12-18-23/h7-20,29H,6,21H2,1-5H3. The van der Waals surface area contributed by atoms with Gasteiger partial charge in [0.1, 0.15) is 5.75 Å². The number of benzene rings is 3. The molecule has 0 aliphatic heterocycles. The molecule has 0 unspecified atom stereocenters. The summed E-state index contributed by atoms with van der Waals surface area (Å²) in [6.07, 6.45) is 2.00. The van der Waals surface area contributed by atoms with Crippen LogP contribution in [0.1, 0.15) is 64.2 Å². The van der Waals surface area contributed by atoms with Crippen LogP contribution < -0.4 is 0 Å². The van der Waals surface area contributed by atoms with Crippen LogP contribution in [-0.2, 0) is 16.2 Å². The van der Waals surface area contributed by atoms with Crippen LogP contribution >= 0.6 is 0 Å². The number of para-hydroxylation sites is 1. The van der Waals surface area contributed by atoms with Gasteiger partial charge in [0.15, 0.2) is 0 Å². The van der Waals surface area contributed by atoms with E-state index in [2.05, 4.69) is 107 Å². The maximum atomic E-state index is 11.1. The summed E-state index contributed by atoms with van der Waals surface area (Å²) in [4.78, 5) is 0. The Balaban J connectivity index is 2.41. The van der Waals surface area contributed by atoms with Gasteiger partial charge in [-0.15, -0.1) is 0 Å². The minimum atomic E-state index is -0.317. The molecule has 29 heavy (non-hydrogen) atoms. The van der Waals surface area contributed by atoms with Crippen molar-refractivity contribution in [3.05, 3.63) is 102 Å². The fraction of sp³-hybridized carbons (Fsp3) is 0.357. The molecule has 3 aromatic rings. The Kier molecular flexibility index (Phi) is 5.89. The SMILES string of the molecule is CCCC(c1ccccc1O)(C(C)(C)c1ccccc1)C(C)(C)c1ccccc1. The third-order valence-corrected chi connectivity index (χ3v) is 7.11. The summed E-state index contributed by atoms with van der Waals surface area (Å²) in [5, 5.41) is 11.1. The van der Waals surface area contributed by atoms with Crippen molar-refractivity contribution >= 4 is 0 Å². The van der Waals surface area contributed by atoms with Crippen molar-refractivity contribution in [2.24, 2.45) is 0 Å². The lowest BCUT2D eigenvalue weighted by Gasteiger charge is -2.57. The molecule has 0 bridgehead atoms. The van der Waals surface area contributed by atoms with Gasteiger partial charge in [-0.2, -0.15) is 0 Å². The Morgan fingerprint density at radius 2 is 1.03 bits per heavy atom. The van der Waals surface area contributed by atoms with Gasteiger partial charge in [0.2, 0.25) is 0 Å². The van der Waals surface area contributed by atoms with Crippen molar-refractivity contribution < 1.29 is 5.11 Å². The van der Waals surface area contributed by atoms with Gasteiger partial charge in [-0.05, 0) is 23.6 Å². The Bertz CT molecular complexity index is 871. The molecular weight excluding hydrogens is 352 g/mol. The molecule has 1 N–H and O–H groups in total. The van der Waals surface area contributed by atoms with Crippen LogP contribution in [0.15, 0.2) is 84.9 Å². The van der Waals surface area contributed by atoms with Gasteiger partial charge < -0.3 is 5.11 Å². The van der Waals surface area contributed by atoms with E-state index in [9.17, 15) is 5.11 Å². The van der Waals surface area contributed by atoms with Gasteiger partial charge in [0, 0.05) is 21.8 Å². The number of hydrogen-bond acceptors (Lipinski definition) is 1. The predicted octanol–water partition coefficient (Wildman–Crippen LogP) is 7.39. The van der Waals surface area contributed by atoms with E-state index < -0.39 is 0 Å². The topological polar surface area (TPSA) is 20.2 Å². The van der Waals surface area contributed by atoms with E-state index in [0.29, 0.717) is 5.75 Å². The van der Waals surface area contributed by atoms with Crippen LogP contribution in [0.4, 0.5) is 0 Å². The minimum absolute atomic E-state index is 0.220. The van der Waals surface area contributed by atoms with Crippen LogP contribution in [0.5, 0.6) is 5.75 Å². The Morgan fingerprint density at radius 1 is 0.621 bits per heavy atom. The fourth-order valence-corrected chi connectivity index (χ4v) is 5.63. The second-order valence-corrected chi connectivity index (χ2v) is 9.15. The van der Waals surface area contributed by atoms with Gasteiger partial charge in [-0.3, -0.25) is 0 Å². The number of aromatic hydroxyl groups is 1. The molecule has 0 spiro atoms. The average molecular weight is 387 g/mol. The summed E-state index contributed by atoms with van der Waals surface area (Å²) in [7, 11) is 0. The number of rotatable bonds is 7. The Morgan fingerprint density at radius 3 is 1.45 bits per heavy atom. The van der Waals surface area contributed by atoms with E-state index in [-0.39, 0.29) is 16.2 Å². The highest BCUT2D eigenvalue weighted by Crippen LogP contribution is 2.59. The fourth-order valence-electron chi connectivity index (χ4n) is 5.63. The maximum Gasteiger partial charge on any atom is 0.119 e. The van der Waals surface area contributed by atoms with Crippen LogP contribution in [0, 0.1) is 0 Å². The molecule has 1 heteroatoms. The summed E-state index contributed by atoms with van der Waals surface area (Å²) >= 11 is 0. The third-order valence-electron chi connectivity index (χ3n) is 7.11. The molecule has 0 saturated carbocycles. The molecule has 0 aliphatic rings. The molecule has 0 saturated heterocycles. The van der Waals surface area contributed by atoms with E-state index in [1.165, 1.54) is 11.1 Å². The van der Waals surface area contributed by atoms with E-state index in [1.807, 2.05) is 12.1 Å². The summed E-state index contributed by atoms with van der Waals surface area (Å²) in [6, 6.07) is 29.5. The van der Waals surface area contributed by atoms with Crippen LogP contribution in [0.3, 0.4) is 0 Å². The summed E-state index contributed by atoms with van der Waals surface area (Å²) in [6.45, 7) is 11.6. The summed E-state index contributed by atoms with van der Waals surface area (Å²) < 4.78 is 0. The zero-order valence-corrected chi connectivity index (χ0v) is 18.4. The van der Waals surface area contributed by atoms with Crippen molar-refractivity contribution in [3.63, 3.8) is 0 Å². The normalized spacial score (nSPS) is 12.7. The Labute approximate surface area is 176 Å². The van der Waals surface area contributed by atoms with Gasteiger partial charge in [-0.25, -0.2) is 0 Å². The molecule has 1 nitrogen and oxygen atoms in total. The molecule has 0 aliphatic carbocycles. The monoisotopic (exact) mass is 386 g/mol. The molecule has 0 radical (unpaired) electrons. The van der Waals surface area contributed by atoms with Gasteiger partial charge >= 0.3 is 0 Å². The molecule has 152 valence electrons. The quantitative estimate of drug-likeness (QED) is 0.449. The van der Waals surface area contributed by atoms with Gasteiger partial charge in [0.25, 0.3) is 0 Å². The molecule has 0 heterocycles. The van der Waals surface area contributed by atoms with Crippen molar-refractivity contribution in [2.75, 3.05) is 0 Å².